The Morgan fingerprint density at radius 1 is 1.09 bits per heavy atom. The Labute approximate surface area is 133 Å². The van der Waals surface area contributed by atoms with Gasteiger partial charge < -0.3 is 10.4 Å². The normalized spacial score (nSPS) is 16.6. The van der Waals surface area contributed by atoms with Crippen molar-refractivity contribution in [3.63, 3.8) is 0 Å². The summed E-state index contributed by atoms with van der Waals surface area (Å²) in [6.45, 7) is 4.58. The van der Waals surface area contributed by atoms with Crippen molar-refractivity contribution in [3.05, 3.63) is 0 Å². The first-order valence-electron chi connectivity index (χ1n) is 8.64. The van der Waals surface area contributed by atoms with Gasteiger partial charge in [0.15, 0.2) is 0 Å². The number of rotatable bonds is 12. The first-order valence-corrected chi connectivity index (χ1v) is 8.64. The van der Waals surface area contributed by atoms with Crippen LogP contribution in [0, 0.1) is 0 Å². The Hall–Kier alpha value is -1.14. The summed E-state index contributed by atoms with van der Waals surface area (Å²) >= 11 is 0. The summed E-state index contributed by atoms with van der Waals surface area (Å²) in [6.07, 6.45) is 9.06. The van der Waals surface area contributed by atoms with Crippen LogP contribution in [0.25, 0.3) is 0 Å². The highest BCUT2D eigenvalue weighted by Crippen LogP contribution is 2.06. The molecular formula is C16H31N3O3. The number of carbonyl (C=O) groups is 2. The van der Waals surface area contributed by atoms with Gasteiger partial charge in [-0.1, -0.05) is 39.0 Å². The van der Waals surface area contributed by atoms with Crippen molar-refractivity contribution >= 4 is 11.9 Å². The lowest BCUT2D eigenvalue weighted by atomic mass is 10.1. The molecule has 0 aromatic rings. The minimum atomic E-state index is -0.947. The fraction of sp³-hybridized carbons (Fsp3) is 0.875. The predicted molar refractivity (Wildman–Crippen MR) is 86.4 cm³/mol. The van der Waals surface area contributed by atoms with Crippen LogP contribution in [0.5, 0.6) is 0 Å². The largest absolute Gasteiger partial charge is 0.481 e. The second kappa shape index (κ2) is 11.4. The lowest BCUT2D eigenvalue weighted by molar-refractivity contribution is -0.140. The van der Waals surface area contributed by atoms with Crippen molar-refractivity contribution in [1.29, 1.82) is 0 Å². The van der Waals surface area contributed by atoms with Crippen LogP contribution in [0.1, 0.15) is 64.7 Å². The van der Waals surface area contributed by atoms with E-state index in [0.717, 1.165) is 38.8 Å². The van der Waals surface area contributed by atoms with Gasteiger partial charge in [0.1, 0.15) is 0 Å². The molecule has 0 saturated carbocycles. The highest BCUT2D eigenvalue weighted by molar-refractivity contribution is 5.85. The Kier molecular flexibility index (Phi) is 9.82. The second-order valence-corrected chi connectivity index (χ2v) is 6.04. The van der Waals surface area contributed by atoms with Crippen LogP contribution in [0.3, 0.4) is 0 Å². The zero-order chi connectivity index (χ0) is 16.2. The molecule has 0 radical (unpaired) electrons. The number of carboxylic acid groups (broad SMARTS) is 1. The van der Waals surface area contributed by atoms with Gasteiger partial charge in [-0.2, -0.15) is 0 Å². The minimum Gasteiger partial charge on any atom is -0.481 e. The van der Waals surface area contributed by atoms with Crippen molar-refractivity contribution in [2.45, 2.75) is 70.8 Å². The van der Waals surface area contributed by atoms with Crippen LogP contribution < -0.4 is 10.7 Å². The Morgan fingerprint density at radius 3 is 2.36 bits per heavy atom. The van der Waals surface area contributed by atoms with E-state index in [0.29, 0.717) is 6.54 Å². The number of aliphatic carboxylic acids is 1. The summed E-state index contributed by atoms with van der Waals surface area (Å²) in [5, 5.41) is 13.9. The molecule has 1 aliphatic rings. The molecule has 1 saturated heterocycles. The highest BCUT2D eigenvalue weighted by atomic mass is 16.4. The third-order valence-electron chi connectivity index (χ3n) is 3.99. The van der Waals surface area contributed by atoms with E-state index in [1.807, 2.05) is 5.01 Å². The van der Waals surface area contributed by atoms with E-state index in [-0.39, 0.29) is 12.3 Å². The van der Waals surface area contributed by atoms with Crippen LogP contribution in [0.4, 0.5) is 0 Å². The molecule has 1 atom stereocenters. The maximum Gasteiger partial charge on any atom is 0.305 e. The molecule has 0 aliphatic carbocycles. The van der Waals surface area contributed by atoms with Gasteiger partial charge in [-0.25, -0.2) is 5.01 Å². The molecule has 0 bridgehead atoms. The fourth-order valence-electron chi connectivity index (χ4n) is 2.68. The molecule has 22 heavy (non-hydrogen) atoms. The van der Waals surface area contributed by atoms with Gasteiger partial charge in [-0.05, 0) is 25.8 Å². The van der Waals surface area contributed by atoms with E-state index in [9.17, 15) is 9.59 Å². The molecular weight excluding hydrogens is 282 g/mol. The number of hydrogen-bond donors (Lipinski definition) is 3. The summed E-state index contributed by atoms with van der Waals surface area (Å²) in [4.78, 5) is 23.1. The maximum absolute atomic E-state index is 12.2. The van der Waals surface area contributed by atoms with E-state index < -0.39 is 12.0 Å². The zero-order valence-electron chi connectivity index (χ0n) is 13.8. The van der Waals surface area contributed by atoms with Crippen molar-refractivity contribution in [3.8, 4) is 0 Å². The molecule has 3 N–H and O–H groups in total. The molecule has 1 rings (SSSR count). The van der Waals surface area contributed by atoms with E-state index in [4.69, 9.17) is 5.11 Å². The van der Waals surface area contributed by atoms with Gasteiger partial charge in [0.2, 0.25) is 0 Å². The number of hydrogen-bond acceptors (Lipinski definition) is 4. The van der Waals surface area contributed by atoms with E-state index >= 15 is 0 Å². The SMILES string of the molecule is CCCCCCCCNC(CC(=O)O)C(=O)NN1CCCC1. The molecule has 1 fully saturated rings. The van der Waals surface area contributed by atoms with Gasteiger partial charge >= 0.3 is 5.97 Å². The first kappa shape index (κ1) is 18.9. The highest BCUT2D eigenvalue weighted by Gasteiger charge is 2.23. The van der Waals surface area contributed by atoms with Crippen LogP contribution in [-0.2, 0) is 9.59 Å². The second-order valence-electron chi connectivity index (χ2n) is 6.04. The molecule has 1 amide bonds. The summed E-state index contributed by atoms with van der Waals surface area (Å²) in [6, 6.07) is -0.645. The maximum atomic E-state index is 12.2. The van der Waals surface area contributed by atoms with Gasteiger partial charge in [0, 0.05) is 13.1 Å². The summed E-state index contributed by atoms with van der Waals surface area (Å²) in [5.74, 6) is -1.17. The molecule has 0 spiro atoms. The minimum absolute atomic E-state index is 0.171. The van der Waals surface area contributed by atoms with E-state index in [2.05, 4.69) is 17.7 Å². The number of nitrogens with one attached hydrogen (secondary N) is 2. The van der Waals surface area contributed by atoms with Crippen molar-refractivity contribution in [1.82, 2.24) is 15.8 Å². The topological polar surface area (TPSA) is 81.7 Å². The van der Waals surface area contributed by atoms with Crippen LogP contribution >= 0.6 is 0 Å². The van der Waals surface area contributed by atoms with Gasteiger partial charge in [0.05, 0.1) is 12.5 Å². The molecule has 1 unspecified atom stereocenters. The van der Waals surface area contributed by atoms with Crippen LogP contribution in [0.2, 0.25) is 0 Å². The van der Waals surface area contributed by atoms with Gasteiger partial charge in [-0.3, -0.25) is 15.0 Å². The fourth-order valence-corrected chi connectivity index (χ4v) is 2.68. The van der Waals surface area contributed by atoms with Crippen LogP contribution in [-0.4, -0.2) is 47.7 Å². The number of carbonyl (C=O) groups excluding carboxylic acids is 1. The molecule has 0 aromatic carbocycles. The Balaban J connectivity index is 2.24. The number of nitrogens with zero attached hydrogens (tertiary/aromatic N) is 1. The quantitative estimate of drug-likeness (QED) is 0.480. The molecule has 6 heteroatoms. The third-order valence-corrected chi connectivity index (χ3v) is 3.99. The van der Waals surface area contributed by atoms with Crippen molar-refractivity contribution < 1.29 is 14.7 Å². The Bertz CT molecular complexity index is 331. The van der Waals surface area contributed by atoms with E-state index in [1.165, 1.54) is 25.7 Å². The molecule has 1 heterocycles. The Morgan fingerprint density at radius 2 is 1.73 bits per heavy atom. The molecule has 1 aliphatic heterocycles. The monoisotopic (exact) mass is 313 g/mol. The van der Waals surface area contributed by atoms with Crippen molar-refractivity contribution in [2.75, 3.05) is 19.6 Å². The predicted octanol–water partition coefficient (Wildman–Crippen LogP) is 1.91. The zero-order valence-corrected chi connectivity index (χ0v) is 13.8. The summed E-state index contributed by atoms with van der Waals surface area (Å²) in [7, 11) is 0. The smallest absolute Gasteiger partial charge is 0.305 e. The number of unbranched alkanes of at least 4 members (excludes halogenated alkanes) is 5. The summed E-state index contributed by atoms with van der Waals surface area (Å²) < 4.78 is 0. The molecule has 0 aromatic heterocycles. The van der Waals surface area contributed by atoms with Gasteiger partial charge in [-0.15, -0.1) is 0 Å². The van der Waals surface area contributed by atoms with Gasteiger partial charge in [0.25, 0.3) is 5.91 Å². The average Bonchev–Trinajstić information content (AvgIpc) is 2.97. The number of hydrazine groups is 1. The lowest BCUT2D eigenvalue weighted by Gasteiger charge is -2.21. The standard InChI is InChI=1S/C16H31N3O3/c1-2-3-4-5-6-7-10-17-14(13-15(20)21)16(22)18-19-11-8-9-12-19/h14,17H,2-13H2,1H3,(H,18,22)(H,20,21). The summed E-state index contributed by atoms with van der Waals surface area (Å²) in [5.41, 5.74) is 2.82. The lowest BCUT2D eigenvalue weighted by Crippen LogP contribution is -2.51. The first-order chi connectivity index (χ1) is 10.6. The van der Waals surface area contributed by atoms with Crippen molar-refractivity contribution in [2.24, 2.45) is 0 Å². The number of amides is 1. The molecule has 6 nitrogen and oxygen atoms in total. The van der Waals surface area contributed by atoms with E-state index in [1.54, 1.807) is 0 Å². The average molecular weight is 313 g/mol. The molecule has 128 valence electrons. The number of carboxylic acids is 1. The third kappa shape index (κ3) is 8.34. The van der Waals surface area contributed by atoms with Crippen LogP contribution in [0.15, 0.2) is 0 Å².